The van der Waals surface area contributed by atoms with Crippen LogP contribution < -0.4 is 10.0 Å². The standard InChI is InChI=1S/C19H23ClN2O5S/c1-3-27-12-4-11-21-17-10-5-14(19(23)26-2)13-18(17)28(24,25)22-16-8-6-15(20)7-9-16/h5-10,13,21-22H,3-4,11-12H2,1-2H3. The van der Waals surface area contributed by atoms with E-state index in [1.807, 2.05) is 6.92 Å². The SMILES string of the molecule is CCOCCCNc1ccc(C(=O)OC)cc1S(=O)(=O)Nc1ccc(Cl)cc1. The van der Waals surface area contributed by atoms with Gasteiger partial charge in [0, 0.05) is 30.5 Å². The normalized spacial score (nSPS) is 11.1. The van der Waals surface area contributed by atoms with E-state index in [9.17, 15) is 13.2 Å². The maximum Gasteiger partial charge on any atom is 0.337 e. The molecular formula is C19H23ClN2O5S. The largest absolute Gasteiger partial charge is 0.465 e. The fourth-order valence-electron chi connectivity index (χ4n) is 2.41. The fourth-order valence-corrected chi connectivity index (χ4v) is 3.80. The van der Waals surface area contributed by atoms with E-state index in [-0.39, 0.29) is 10.5 Å². The summed E-state index contributed by atoms with van der Waals surface area (Å²) in [5.41, 5.74) is 0.875. The number of rotatable bonds is 10. The molecule has 2 aromatic rings. The molecule has 0 saturated carbocycles. The van der Waals surface area contributed by atoms with Crippen LogP contribution in [0.3, 0.4) is 0 Å². The van der Waals surface area contributed by atoms with Crippen LogP contribution in [0.4, 0.5) is 11.4 Å². The molecule has 7 nitrogen and oxygen atoms in total. The molecule has 0 aromatic heterocycles. The van der Waals surface area contributed by atoms with Crippen molar-refractivity contribution in [3.63, 3.8) is 0 Å². The summed E-state index contributed by atoms with van der Waals surface area (Å²) >= 11 is 5.84. The number of hydrogen-bond donors (Lipinski definition) is 2. The van der Waals surface area contributed by atoms with Crippen molar-refractivity contribution in [2.24, 2.45) is 0 Å². The first-order valence-corrected chi connectivity index (χ1v) is 10.6. The van der Waals surface area contributed by atoms with Crippen LogP contribution in [0.5, 0.6) is 0 Å². The molecule has 0 amide bonds. The molecule has 2 aromatic carbocycles. The number of sulfonamides is 1. The van der Waals surface area contributed by atoms with Gasteiger partial charge in [-0.05, 0) is 55.8 Å². The molecule has 2 rings (SSSR count). The van der Waals surface area contributed by atoms with Crippen molar-refractivity contribution >= 4 is 39.0 Å². The van der Waals surface area contributed by atoms with E-state index in [4.69, 9.17) is 21.1 Å². The lowest BCUT2D eigenvalue weighted by Gasteiger charge is -2.15. The van der Waals surface area contributed by atoms with E-state index in [2.05, 4.69) is 10.0 Å². The van der Waals surface area contributed by atoms with Crippen LogP contribution in [0, 0.1) is 0 Å². The first-order chi connectivity index (χ1) is 13.4. The molecule has 0 fully saturated rings. The number of methoxy groups -OCH3 is 1. The van der Waals surface area contributed by atoms with Crippen LogP contribution in [0.2, 0.25) is 5.02 Å². The molecule has 2 N–H and O–H groups in total. The Bertz CT molecular complexity index is 901. The average Bonchev–Trinajstić information content (AvgIpc) is 2.69. The third kappa shape index (κ3) is 6.12. The first kappa shape index (κ1) is 22.0. The summed E-state index contributed by atoms with van der Waals surface area (Å²) in [6, 6.07) is 10.6. The van der Waals surface area contributed by atoms with E-state index < -0.39 is 16.0 Å². The summed E-state index contributed by atoms with van der Waals surface area (Å²) in [5.74, 6) is -0.620. The van der Waals surface area contributed by atoms with E-state index in [0.717, 1.165) is 0 Å². The molecule has 0 aliphatic rings. The number of nitrogens with one attached hydrogen (secondary N) is 2. The van der Waals surface area contributed by atoms with Crippen LogP contribution in [-0.2, 0) is 19.5 Å². The molecule has 0 spiro atoms. The molecule has 28 heavy (non-hydrogen) atoms. The quantitative estimate of drug-likeness (QED) is 0.443. The lowest BCUT2D eigenvalue weighted by atomic mass is 10.2. The summed E-state index contributed by atoms with van der Waals surface area (Å²) < 4.78 is 38.4. The maximum absolute atomic E-state index is 12.9. The van der Waals surface area contributed by atoms with Gasteiger partial charge in [0.05, 0.1) is 18.4 Å². The Kier molecular flexibility index (Phi) is 8.10. The Morgan fingerprint density at radius 1 is 1.14 bits per heavy atom. The second-order valence-electron chi connectivity index (χ2n) is 5.79. The van der Waals surface area contributed by atoms with Crippen LogP contribution in [0.1, 0.15) is 23.7 Å². The monoisotopic (exact) mass is 426 g/mol. The highest BCUT2D eigenvalue weighted by molar-refractivity contribution is 7.92. The molecule has 0 saturated heterocycles. The highest BCUT2D eigenvalue weighted by Crippen LogP contribution is 2.26. The number of anilines is 2. The Labute approximate surface area is 170 Å². The number of carbonyl (C=O) groups excluding carboxylic acids is 1. The van der Waals surface area contributed by atoms with E-state index in [0.29, 0.717) is 42.6 Å². The number of carbonyl (C=O) groups is 1. The Morgan fingerprint density at radius 3 is 2.50 bits per heavy atom. The van der Waals surface area contributed by atoms with Crippen LogP contribution in [0.25, 0.3) is 0 Å². The molecular weight excluding hydrogens is 404 g/mol. The van der Waals surface area contributed by atoms with Crippen molar-refractivity contribution in [2.75, 3.05) is 36.9 Å². The van der Waals surface area contributed by atoms with Crippen molar-refractivity contribution in [1.82, 2.24) is 0 Å². The molecule has 152 valence electrons. The lowest BCUT2D eigenvalue weighted by molar-refractivity contribution is 0.0600. The van der Waals surface area contributed by atoms with Crippen molar-refractivity contribution in [2.45, 2.75) is 18.2 Å². The number of benzene rings is 2. The van der Waals surface area contributed by atoms with Gasteiger partial charge in [-0.2, -0.15) is 0 Å². The first-order valence-electron chi connectivity index (χ1n) is 8.69. The van der Waals surface area contributed by atoms with Gasteiger partial charge in [0.15, 0.2) is 0 Å². The molecule has 0 bridgehead atoms. The minimum absolute atomic E-state index is 0.0539. The minimum Gasteiger partial charge on any atom is -0.465 e. The highest BCUT2D eigenvalue weighted by Gasteiger charge is 2.21. The average molecular weight is 427 g/mol. The van der Waals surface area contributed by atoms with Gasteiger partial charge in [0.25, 0.3) is 10.0 Å². The summed E-state index contributed by atoms with van der Waals surface area (Å²) in [6.45, 7) is 3.61. The third-order valence-corrected chi connectivity index (χ3v) is 5.45. The topological polar surface area (TPSA) is 93.7 Å². The molecule has 0 atom stereocenters. The maximum atomic E-state index is 12.9. The Balaban J connectivity index is 2.30. The van der Waals surface area contributed by atoms with Crippen LogP contribution >= 0.6 is 11.6 Å². The fraction of sp³-hybridized carbons (Fsp3) is 0.316. The van der Waals surface area contributed by atoms with E-state index in [1.54, 1.807) is 30.3 Å². The molecule has 0 heterocycles. The predicted molar refractivity (Wildman–Crippen MR) is 110 cm³/mol. The Morgan fingerprint density at radius 2 is 1.86 bits per heavy atom. The summed E-state index contributed by atoms with van der Waals surface area (Å²) in [7, 11) is -2.72. The summed E-state index contributed by atoms with van der Waals surface area (Å²) in [4.78, 5) is 11.8. The van der Waals surface area contributed by atoms with Gasteiger partial charge in [-0.25, -0.2) is 13.2 Å². The van der Waals surface area contributed by atoms with Crippen molar-refractivity contribution in [3.8, 4) is 0 Å². The van der Waals surface area contributed by atoms with Gasteiger partial charge in [-0.3, -0.25) is 4.72 Å². The predicted octanol–water partition coefficient (Wildman–Crippen LogP) is 3.77. The lowest BCUT2D eigenvalue weighted by Crippen LogP contribution is -2.17. The zero-order chi connectivity index (χ0) is 20.6. The zero-order valence-corrected chi connectivity index (χ0v) is 17.3. The molecule has 0 aliphatic heterocycles. The van der Waals surface area contributed by atoms with Gasteiger partial charge in [0.1, 0.15) is 4.90 Å². The number of ether oxygens (including phenoxy) is 2. The van der Waals surface area contributed by atoms with Crippen LogP contribution in [-0.4, -0.2) is 41.3 Å². The minimum atomic E-state index is -3.96. The van der Waals surface area contributed by atoms with Crippen molar-refractivity contribution < 1.29 is 22.7 Å². The van der Waals surface area contributed by atoms with Gasteiger partial charge < -0.3 is 14.8 Å². The molecule has 0 radical (unpaired) electrons. The highest BCUT2D eigenvalue weighted by atomic mass is 35.5. The molecule has 0 unspecified atom stereocenters. The van der Waals surface area contributed by atoms with E-state index in [1.165, 1.54) is 19.2 Å². The zero-order valence-electron chi connectivity index (χ0n) is 15.7. The Hall–Kier alpha value is -2.29. The van der Waals surface area contributed by atoms with Crippen LogP contribution in [0.15, 0.2) is 47.4 Å². The molecule has 9 heteroatoms. The second kappa shape index (κ2) is 10.3. The number of hydrogen-bond acceptors (Lipinski definition) is 6. The van der Waals surface area contributed by atoms with Crippen molar-refractivity contribution in [3.05, 3.63) is 53.1 Å². The van der Waals surface area contributed by atoms with Crippen molar-refractivity contribution in [1.29, 1.82) is 0 Å². The van der Waals surface area contributed by atoms with Gasteiger partial charge >= 0.3 is 5.97 Å². The smallest absolute Gasteiger partial charge is 0.337 e. The third-order valence-electron chi connectivity index (χ3n) is 3.77. The van der Waals surface area contributed by atoms with Gasteiger partial charge in [0.2, 0.25) is 0 Å². The number of halogens is 1. The van der Waals surface area contributed by atoms with Gasteiger partial charge in [-0.1, -0.05) is 11.6 Å². The summed E-state index contributed by atoms with van der Waals surface area (Å²) in [6.07, 6.45) is 0.705. The summed E-state index contributed by atoms with van der Waals surface area (Å²) in [5, 5.41) is 3.58. The number of esters is 1. The second-order valence-corrected chi connectivity index (χ2v) is 7.88. The molecule has 0 aliphatic carbocycles. The van der Waals surface area contributed by atoms with Gasteiger partial charge in [-0.15, -0.1) is 0 Å². The van der Waals surface area contributed by atoms with E-state index >= 15 is 0 Å².